The van der Waals surface area contributed by atoms with Gasteiger partial charge in [-0.25, -0.2) is 0 Å². The van der Waals surface area contributed by atoms with Crippen molar-refractivity contribution in [2.24, 2.45) is 18.9 Å². The average molecular weight is 286 g/mol. The van der Waals surface area contributed by atoms with Crippen LogP contribution in [-0.4, -0.2) is 21.9 Å². The van der Waals surface area contributed by atoms with E-state index in [2.05, 4.69) is 45.0 Å². The van der Waals surface area contributed by atoms with E-state index < -0.39 is 0 Å². The maximum atomic E-state index is 6.31. The highest BCUT2D eigenvalue weighted by Gasteiger charge is 2.20. The lowest BCUT2D eigenvalue weighted by atomic mass is 9.90. The van der Waals surface area contributed by atoms with E-state index in [0.29, 0.717) is 11.8 Å². The molecule has 0 spiro atoms. The zero-order valence-corrected chi connectivity index (χ0v) is 14.1. The lowest BCUT2D eigenvalue weighted by Gasteiger charge is -2.26. The Bertz CT molecular complexity index is 418. The monoisotopic (exact) mass is 285 g/mol. The van der Waals surface area contributed by atoms with Gasteiger partial charge in [-0.15, -0.1) is 0 Å². The number of hydrogen-bond acceptors (Lipinski definition) is 2. The Morgan fingerprint density at radius 2 is 1.84 bits per heavy atom. The predicted octanol–water partition coefficient (Wildman–Crippen LogP) is 3.58. The molecule has 2 unspecified atom stereocenters. The summed E-state index contributed by atoms with van der Waals surface area (Å²) in [4.78, 5) is 0. The van der Waals surface area contributed by atoms with E-state index in [-0.39, 0.29) is 5.54 Å². The van der Waals surface area contributed by atoms with E-state index in [0.717, 1.165) is 29.4 Å². The number of halogens is 1. The molecule has 0 saturated heterocycles. The van der Waals surface area contributed by atoms with Crippen LogP contribution in [0.1, 0.15) is 46.0 Å². The third kappa shape index (κ3) is 4.81. The second-order valence-corrected chi connectivity index (χ2v) is 7.14. The molecular weight excluding hydrogens is 258 g/mol. The Hall–Kier alpha value is -0.540. The summed E-state index contributed by atoms with van der Waals surface area (Å²) in [5, 5.41) is 8.77. The van der Waals surface area contributed by atoms with Gasteiger partial charge in [-0.2, -0.15) is 5.10 Å². The first-order valence-electron chi connectivity index (χ1n) is 7.05. The van der Waals surface area contributed by atoms with Gasteiger partial charge in [0.05, 0.1) is 16.4 Å². The van der Waals surface area contributed by atoms with Crippen LogP contribution in [0.15, 0.2) is 0 Å². The van der Waals surface area contributed by atoms with E-state index >= 15 is 0 Å². The standard InChI is InChI=1S/C15H28ClN3/c1-10(11(2)9-17-15(4,5)6)8-13-14(16)12(3)18-19(13)7/h10-11,17H,8-9H2,1-7H3. The van der Waals surface area contributed by atoms with Crippen molar-refractivity contribution in [2.45, 2.75) is 53.5 Å². The average Bonchev–Trinajstić information content (AvgIpc) is 2.51. The summed E-state index contributed by atoms with van der Waals surface area (Å²) in [7, 11) is 1.97. The molecule has 4 heteroatoms. The molecule has 0 aliphatic heterocycles. The zero-order valence-electron chi connectivity index (χ0n) is 13.3. The first-order chi connectivity index (χ1) is 8.61. The molecule has 0 saturated carbocycles. The number of aryl methyl sites for hydroxylation is 2. The quantitative estimate of drug-likeness (QED) is 0.896. The van der Waals surface area contributed by atoms with Crippen molar-refractivity contribution >= 4 is 11.6 Å². The van der Waals surface area contributed by atoms with Crippen LogP contribution in [0.25, 0.3) is 0 Å². The molecule has 0 bridgehead atoms. The van der Waals surface area contributed by atoms with Crippen molar-refractivity contribution in [3.05, 3.63) is 16.4 Å². The smallest absolute Gasteiger partial charge is 0.0847 e. The summed E-state index contributed by atoms with van der Waals surface area (Å²) < 4.78 is 1.91. The highest BCUT2D eigenvalue weighted by Crippen LogP contribution is 2.25. The fourth-order valence-electron chi connectivity index (χ4n) is 2.08. The number of nitrogens with zero attached hydrogens (tertiary/aromatic N) is 2. The molecule has 19 heavy (non-hydrogen) atoms. The number of hydrogen-bond donors (Lipinski definition) is 1. The Morgan fingerprint density at radius 3 is 2.26 bits per heavy atom. The van der Waals surface area contributed by atoms with E-state index in [1.807, 2.05) is 18.7 Å². The van der Waals surface area contributed by atoms with Crippen molar-refractivity contribution in [3.8, 4) is 0 Å². The van der Waals surface area contributed by atoms with E-state index in [9.17, 15) is 0 Å². The molecule has 1 aromatic heterocycles. The van der Waals surface area contributed by atoms with Crippen molar-refractivity contribution < 1.29 is 0 Å². The van der Waals surface area contributed by atoms with Gasteiger partial charge in [0.1, 0.15) is 0 Å². The van der Waals surface area contributed by atoms with Crippen molar-refractivity contribution in [2.75, 3.05) is 6.54 Å². The fraction of sp³-hybridized carbons (Fsp3) is 0.800. The first kappa shape index (κ1) is 16.5. The largest absolute Gasteiger partial charge is 0.312 e. The topological polar surface area (TPSA) is 29.9 Å². The molecule has 110 valence electrons. The molecule has 0 aromatic carbocycles. The molecule has 1 heterocycles. The van der Waals surface area contributed by atoms with Crippen LogP contribution in [0.2, 0.25) is 5.02 Å². The SMILES string of the molecule is Cc1nn(C)c(CC(C)C(C)CNC(C)(C)C)c1Cl. The molecule has 2 atom stereocenters. The first-order valence-corrected chi connectivity index (χ1v) is 7.42. The molecule has 0 amide bonds. The van der Waals surface area contributed by atoms with Gasteiger partial charge in [0.15, 0.2) is 0 Å². The molecule has 0 radical (unpaired) electrons. The summed E-state index contributed by atoms with van der Waals surface area (Å²) in [6, 6.07) is 0. The van der Waals surface area contributed by atoms with Gasteiger partial charge in [0.25, 0.3) is 0 Å². The van der Waals surface area contributed by atoms with E-state index in [4.69, 9.17) is 11.6 Å². The Morgan fingerprint density at radius 1 is 1.26 bits per heavy atom. The molecule has 0 aliphatic carbocycles. The Labute approximate surface area is 122 Å². The highest BCUT2D eigenvalue weighted by molar-refractivity contribution is 6.31. The second-order valence-electron chi connectivity index (χ2n) is 6.76. The molecule has 1 rings (SSSR count). The van der Waals surface area contributed by atoms with Gasteiger partial charge in [-0.3, -0.25) is 4.68 Å². The van der Waals surface area contributed by atoms with Crippen LogP contribution in [0.3, 0.4) is 0 Å². The second kappa shape index (κ2) is 6.27. The normalized spacial score (nSPS) is 15.6. The maximum absolute atomic E-state index is 6.31. The van der Waals surface area contributed by atoms with Crippen LogP contribution in [-0.2, 0) is 13.5 Å². The summed E-state index contributed by atoms with van der Waals surface area (Å²) in [6.07, 6.45) is 0.975. The van der Waals surface area contributed by atoms with Crippen LogP contribution in [0.5, 0.6) is 0 Å². The van der Waals surface area contributed by atoms with Crippen molar-refractivity contribution in [1.82, 2.24) is 15.1 Å². The summed E-state index contributed by atoms with van der Waals surface area (Å²) in [6.45, 7) is 14.2. The predicted molar refractivity (Wildman–Crippen MR) is 82.7 cm³/mol. The highest BCUT2D eigenvalue weighted by atomic mass is 35.5. The third-order valence-electron chi connectivity index (χ3n) is 3.70. The molecule has 0 fully saturated rings. The lowest BCUT2D eigenvalue weighted by Crippen LogP contribution is -2.40. The lowest BCUT2D eigenvalue weighted by molar-refractivity contribution is 0.314. The number of nitrogens with one attached hydrogen (secondary N) is 1. The summed E-state index contributed by atoms with van der Waals surface area (Å²) in [5.74, 6) is 1.17. The molecule has 1 N–H and O–H groups in total. The molecule has 3 nitrogen and oxygen atoms in total. The minimum atomic E-state index is 0.175. The maximum Gasteiger partial charge on any atom is 0.0847 e. The van der Waals surface area contributed by atoms with E-state index in [1.165, 1.54) is 0 Å². The van der Waals surface area contributed by atoms with Crippen LogP contribution in [0, 0.1) is 18.8 Å². The molecule has 1 aromatic rings. The molecule has 0 aliphatic rings. The molecular formula is C15H28ClN3. The van der Waals surface area contributed by atoms with Gasteiger partial charge in [-0.05, 0) is 52.5 Å². The Kier molecular flexibility index (Phi) is 5.45. The van der Waals surface area contributed by atoms with Crippen LogP contribution >= 0.6 is 11.6 Å². The minimum Gasteiger partial charge on any atom is -0.312 e. The number of aromatic nitrogens is 2. The number of rotatable bonds is 5. The van der Waals surface area contributed by atoms with Crippen molar-refractivity contribution in [3.63, 3.8) is 0 Å². The van der Waals surface area contributed by atoms with Crippen LogP contribution < -0.4 is 5.32 Å². The fourth-order valence-corrected chi connectivity index (χ4v) is 2.31. The van der Waals surface area contributed by atoms with Crippen LogP contribution in [0.4, 0.5) is 0 Å². The van der Waals surface area contributed by atoms with Gasteiger partial charge in [0.2, 0.25) is 0 Å². The Balaban J connectivity index is 2.61. The summed E-state index contributed by atoms with van der Waals surface area (Å²) >= 11 is 6.31. The van der Waals surface area contributed by atoms with Gasteiger partial charge < -0.3 is 5.32 Å². The zero-order chi connectivity index (χ0) is 14.8. The van der Waals surface area contributed by atoms with Crippen molar-refractivity contribution in [1.29, 1.82) is 0 Å². The summed E-state index contributed by atoms with van der Waals surface area (Å²) in [5.41, 5.74) is 2.25. The minimum absolute atomic E-state index is 0.175. The third-order valence-corrected chi connectivity index (χ3v) is 4.19. The van der Waals surface area contributed by atoms with E-state index in [1.54, 1.807) is 0 Å². The van der Waals surface area contributed by atoms with Gasteiger partial charge in [0, 0.05) is 12.6 Å². The van der Waals surface area contributed by atoms with Gasteiger partial charge in [-0.1, -0.05) is 25.4 Å². The van der Waals surface area contributed by atoms with Gasteiger partial charge >= 0.3 is 0 Å².